The van der Waals surface area contributed by atoms with Gasteiger partial charge in [0, 0.05) is 94.0 Å². The van der Waals surface area contributed by atoms with Gasteiger partial charge in [-0.3, -0.25) is 43.9 Å². The van der Waals surface area contributed by atoms with Gasteiger partial charge in [0.15, 0.2) is 0 Å². The van der Waals surface area contributed by atoms with Crippen LogP contribution in [0.15, 0.2) is 65.5 Å². The molecule has 71 heavy (non-hydrogen) atoms. The standard InChI is InChI=1S/C56H71N7O8/c1-5-62(43-22-30-70-31-23-43)48-34-42(33-45(39(48)4)52(65)57-35-46-37(2)32-38(3)58-53(46)66)41-18-16-40(17-19-41)36-61-27-25-60(26-28-61)24-11-9-7-6-8-10-12-29-71-49-15-13-14-44-51(49)56(69)63(55(44)68)47-20-21-50(64)59-54(47)67/h13-19,32-34,43,47H,5-12,20-31,35-36H2,1-4H3,(H,57,65)(H,58,66)(H,59,64,67). The fourth-order valence-corrected chi connectivity index (χ4v) is 10.7. The average Bonchev–Trinajstić information content (AvgIpc) is 3.62. The molecule has 3 N–H and O–H groups in total. The van der Waals surface area contributed by atoms with E-state index < -0.39 is 29.7 Å². The Labute approximate surface area is 417 Å². The van der Waals surface area contributed by atoms with Gasteiger partial charge in [-0.2, -0.15) is 0 Å². The monoisotopic (exact) mass is 970 g/mol. The van der Waals surface area contributed by atoms with Gasteiger partial charge in [0.05, 0.1) is 17.7 Å². The first-order valence-electron chi connectivity index (χ1n) is 25.9. The minimum atomic E-state index is -1.00. The lowest BCUT2D eigenvalue weighted by molar-refractivity contribution is -0.136. The predicted octanol–water partition coefficient (Wildman–Crippen LogP) is 7.23. The number of anilines is 1. The molecule has 0 saturated carbocycles. The molecule has 8 rings (SSSR count). The third-order valence-corrected chi connectivity index (χ3v) is 14.8. The lowest BCUT2D eigenvalue weighted by Gasteiger charge is -2.37. The number of hydrogen-bond acceptors (Lipinski definition) is 11. The molecule has 1 aromatic heterocycles. The van der Waals surface area contributed by atoms with Crippen LogP contribution in [0.4, 0.5) is 5.69 Å². The summed E-state index contributed by atoms with van der Waals surface area (Å²) in [4.78, 5) is 88.7. The van der Waals surface area contributed by atoms with Crippen LogP contribution in [-0.4, -0.2) is 120 Å². The van der Waals surface area contributed by atoms with Crippen LogP contribution in [0.3, 0.4) is 0 Å². The quantitative estimate of drug-likeness (QED) is 0.0568. The molecule has 0 bridgehead atoms. The van der Waals surface area contributed by atoms with Gasteiger partial charge in [-0.15, -0.1) is 0 Å². The molecule has 378 valence electrons. The summed E-state index contributed by atoms with van der Waals surface area (Å²) in [6, 6.07) is 19.2. The van der Waals surface area contributed by atoms with Gasteiger partial charge in [-0.25, -0.2) is 0 Å². The number of unbranched alkanes of at least 4 members (excludes halogenated alkanes) is 6. The first-order valence-corrected chi connectivity index (χ1v) is 25.9. The van der Waals surface area contributed by atoms with Gasteiger partial charge in [-0.05, 0) is 124 Å². The lowest BCUT2D eigenvalue weighted by atomic mass is 9.94. The van der Waals surface area contributed by atoms with Crippen molar-refractivity contribution < 1.29 is 33.4 Å². The summed E-state index contributed by atoms with van der Waals surface area (Å²) < 4.78 is 11.7. The number of nitrogens with zero attached hydrogens (tertiary/aromatic N) is 4. The maximum absolute atomic E-state index is 14.0. The van der Waals surface area contributed by atoms with Crippen molar-refractivity contribution in [3.05, 3.63) is 116 Å². The largest absolute Gasteiger partial charge is 0.493 e. The first-order chi connectivity index (χ1) is 34.4. The molecule has 4 aliphatic rings. The van der Waals surface area contributed by atoms with E-state index in [0.29, 0.717) is 29.5 Å². The van der Waals surface area contributed by atoms with Gasteiger partial charge in [-0.1, -0.05) is 62.4 Å². The summed E-state index contributed by atoms with van der Waals surface area (Å²) in [7, 11) is 0. The minimum Gasteiger partial charge on any atom is -0.493 e. The van der Waals surface area contributed by atoms with Crippen LogP contribution in [0.1, 0.15) is 137 Å². The number of H-pyrrole nitrogens is 1. The van der Waals surface area contributed by atoms with E-state index in [0.717, 1.165) is 136 Å². The number of pyridine rings is 1. The molecule has 3 fully saturated rings. The number of ether oxygens (including phenoxy) is 2. The Morgan fingerprint density at radius 3 is 2.21 bits per heavy atom. The Morgan fingerprint density at radius 2 is 1.51 bits per heavy atom. The molecular weight excluding hydrogens is 899 g/mol. The topological polar surface area (TPSA) is 174 Å². The second-order valence-corrected chi connectivity index (χ2v) is 19.7. The summed E-state index contributed by atoms with van der Waals surface area (Å²) in [6.07, 6.45) is 9.77. The number of rotatable bonds is 21. The van der Waals surface area contributed by atoms with Gasteiger partial charge in [0.25, 0.3) is 23.3 Å². The molecule has 1 atom stereocenters. The van der Waals surface area contributed by atoms with Gasteiger partial charge >= 0.3 is 0 Å². The van der Waals surface area contributed by atoms with Crippen molar-refractivity contribution >= 4 is 35.2 Å². The predicted molar refractivity (Wildman–Crippen MR) is 274 cm³/mol. The van der Waals surface area contributed by atoms with Crippen molar-refractivity contribution in [3.63, 3.8) is 0 Å². The van der Waals surface area contributed by atoms with E-state index >= 15 is 0 Å². The molecule has 4 aromatic rings. The number of aromatic amines is 1. The number of carbonyl (C=O) groups excluding carboxylic acids is 5. The summed E-state index contributed by atoms with van der Waals surface area (Å²) in [5.74, 6) is -1.95. The van der Waals surface area contributed by atoms with E-state index in [9.17, 15) is 28.8 Å². The van der Waals surface area contributed by atoms with Crippen molar-refractivity contribution in [2.24, 2.45) is 0 Å². The van der Waals surface area contributed by atoms with Crippen LogP contribution >= 0.6 is 0 Å². The van der Waals surface area contributed by atoms with Crippen molar-refractivity contribution in [1.29, 1.82) is 0 Å². The summed E-state index contributed by atoms with van der Waals surface area (Å²) >= 11 is 0. The van der Waals surface area contributed by atoms with Crippen LogP contribution in [-0.2, 0) is 27.4 Å². The highest BCUT2D eigenvalue weighted by atomic mass is 16.5. The maximum Gasteiger partial charge on any atom is 0.266 e. The molecule has 5 heterocycles. The van der Waals surface area contributed by atoms with Gasteiger partial charge in [0.1, 0.15) is 11.8 Å². The van der Waals surface area contributed by atoms with Crippen LogP contribution in [0, 0.1) is 20.8 Å². The SMILES string of the molecule is CCN(c1cc(-c2ccc(CN3CCN(CCCCCCCCCOc4cccc5c4C(=O)N(C4CCC(=O)NC4=O)C5=O)CC3)cc2)cc(C(=O)NCc2c(C)cc(C)[nH]c2=O)c1C)C1CCOCC1. The molecule has 3 aromatic carbocycles. The van der Waals surface area contributed by atoms with E-state index in [1.807, 2.05) is 32.9 Å². The Balaban J connectivity index is 0.756. The number of benzene rings is 3. The normalized spacial score (nSPS) is 17.9. The second-order valence-electron chi connectivity index (χ2n) is 19.7. The molecule has 15 heteroatoms. The smallest absolute Gasteiger partial charge is 0.266 e. The molecule has 15 nitrogen and oxygen atoms in total. The average molecular weight is 970 g/mol. The number of imide groups is 2. The molecule has 0 aliphatic carbocycles. The number of aryl methyl sites for hydroxylation is 2. The third-order valence-electron chi connectivity index (χ3n) is 14.8. The zero-order chi connectivity index (χ0) is 50.0. The van der Waals surface area contributed by atoms with Crippen LogP contribution in [0.5, 0.6) is 5.75 Å². The van der Waals surface area contributed by atoms with Crippen LogP contribution < -0.4 is 25.8 Å². The Morgan fingerprint density at radius 1 is 0.803 bits per heavy atom. The van der Waals surface area contributed by atoms with Crippen LogP contribution in [0.2, 0.25) is 0 Å². The van der Waals surface area contributed by atoms with Crippen molar-refractivity contribution in [2.45, 2.75) is 123 Å². The summed E-state index contributed by atoms with van der Waals surface area (Å²) in [6.45, 7) is 17.0. The highest BCUT2D eigenvalue weighted by Gasteiger charge is 2.46. The highest BCUT2D eigenvalue weighted by Crippen LogP contribution is 2.36. The number of carbonyl (C=O) groups is 5. The first kappa shape index (κ1) is 51.2. The molecule has 0 spiro atoms. The minimum absolute atomic E-state index is 0.0785. The summed E-state index contributed by atoms with van der Waals surface area (Å²) in [5, 5.41) is 5.30. The van der Waals surface area contributed by atoms with Crippen LogP contribution in [0.25, 0.3) is 11.1 Å². The number of hydrogen-bond donors (Lipinski definition) is 3. The Hall–Kier alpha value is -6.16. The van der Waals surface area contributed by atoms with Crippen molar-refractivity contribution in [2.75, 3.05) is 64.0 Å². The number of aromatic nitrogens is 1. The molecule has 5 amide bonds. The molecule has 0 radical (unpaired) electrons. The zero-order valence-corrected chi connectivity index (χ0v) is 42.0. The van der Waals surface area contributed by atoms with E-state index in [2.05, 4.69) is 67.6 Å². The molecule has 4 aliphatic heterocycles. The number of piperazine rings is 1. The number of fused-ring (bicyclic) bond motifs is 1. The van der Waals surface area contributed by atoms with E-state index in [4.69, 9.17) is 9.47 Å². The number of piperidine rings is 1. The molecular formula is C56H71N7O8. The van der Waals surface area contributed by atoms with E-state index in [-0.39, 0.29) is 42.0 Å². The fourth-order valence-electron chi connectivity index (χ4n) is 10.7. The van der Waals surface area contributed by atoms with Crippen molar-refractivity contribution in [1.82, 2.24) is 30.3 Å². The summed E-state index contributed by atoms with van der Waals surface area (Å²) in [5.41, 5.74) is 8.39. The molecule has 3 saturated heterocycles. The Bertz CT molecular complexity index is 2630. The Kier molecular flexibility index (Phi) is 17.2. The fraction of sp³-hybridized carbons (Fsp3) is 0.500. The van der Waals surface area contributed by atoms with Gasteiger partial charge < -0.3 is 29.6 Å². The number of nitrogens with one attached hydrogen (secondary N) is 3. The molecule has 1 unspecified atom stereocenters. The number of amides is 5. The zero-order valence-electron chi connectivity index (χ0n) is 42.0. The third kappa shape index (κ3) is 12.3. The van der Waals surface area contributed by atoms with Crippen molar-refractivity contribution in [3.8, 4) is 16.9 Å². The lowest BCUT2D eigenvalue weighted by Crippen LogP contribution is -2.54. The van der Waals surface area contributed by atoms with Gasteiger partial charge in [0.2, 0.25) is 11.8 Å². The highest BCUT2D eigenvalue weighted by molar-refractivity contribution is 6.24. The second kappa shape index (κ2) is 23.8. The van der Waals surface area contributed by atoms with E-state index in [1.54, 1.807) is 18.2 Å². The maximum atomic E-state index is 14.0. The van der Waals surface area contributed by atoms with E-state index in [1.165, 1.54) is 24.8 Å².